The minimum atomic E-state index is -0.107. The Labute approximate surface area is 83.5 Å². The van der Waals surface area contributed by atoms with Crippen LogP contribution < -0.4 is 5.73 Å². The third-order valence-electron chi connectivity index (χ3n) is 1.88. The molecule has 1 aromatic heterocycles. The van der Waals surface area contributed by atoms with E-state index in [0.717, 1.165) is 13.0 Å². The first-order valence-electron chi connectivity index (χ1n) is 4.60. The Morgan fingerprint density at radius 3 is 2.79 bits per heavy atom. The minimum Gasteiger partial charge on any atom is -0.382 e. The number of nitrogens with zero attached hydrogens (tertiary/aromatic N) is 3. The molecule has 1 rings (SSSR count). The van der Waals surface area contributed by atoms with E-state index in [1.807, 2.05) is 6.92 Å². The molecule has 5 nitrogen and oxygen atoms in total. The number of hydrogen-bond acceptors (Lipinski definition) is 3. The molecule has 0 saturated carbocycles. The molecule has 14 heavy (non-hydrogen) atoms. The van der Waals surface area contributed by atoms with Crippen LogP contribution in [-0.4, -0.2) is 34.7 Å². The molecule has 1 amide bonds. The van der Waals surface area contributed by atoms with Crippen LogP contribution in [0, 0.1) is 0 Å². The lowest BCUT2D eigenvalue weighted by Crippen LogP contribution is -2.22. The topological polar surface area (TPSA) is 64.2 Å². The van der Waals surface area contributed by atoms with Crippen LogP contribution in [0.3, 0.4) is 0 Å². The summed E-state index contributed by atoms with van der Waals surface area (Å²) in [4.78, 5) is 13.1. The molecule has 1 aromatic rings. The predicted octanol–water partition coefficient (Wildman–Crippen LogP) is 0.577. The van der Waals surface area contributed by atoms with Crippen LogP contribution in [-0.2, 0) is 6.54 Å². The molecule has 0 unspecified atom stereocenters. The van der Waals surface area contributed by atoms with E-state index in [2.05, 4.69) is 5.10 Å². The highest BCUT2D eigenvalue weighted by atomic mass is 16.2. The molecule has 0 atom stereocenters. The zero-order valence-corrected chi connectivity index (χ0v) is 8.82. The Morgan fingerprint density at radius 2 is 2.29 bits per heavy atom. The van der Waals surface area contributed by atoms with Crippen LogP contribution in [0.4, 0.5) is 5.82 Å². The first kappa shape index (κ1) is 10.6. The molecule has 0 saturated heterocycles. The van der Waals surface area contributed by atoms with Crippen molar-refractivity contribution in [1.29, 1.82) is 0 Å². The second-order valence-corrected chi connectivity index (χ2v) is 3.39. The molecule has 78 valence electrons. The van der Waals surface area contributed by atoms with E-state index >= 15 is 0 Å². The van der Waals surface area contributed by atoms with Crippen molar-refractivity contribution in [2.75, 3.05) is 19.8 Å². The second kappa shape index (κ2) is 4.13. The van der Waals surface area contributed by atoms with Crippen molar-refractivity contribution in [3.8, 4) is 0 Å². The third kappa shape index (κ3) is 2.04. The summed E-state index contributed by atoms with van der Waals surface area (Å²) in [7, 11) is 3.39. The Hall–Kier alpha value is -1.52. The van der Waals surface area contributed by atoms with Gasteiger partial charge in [0.1, 0.15) is 5.56 Å². The maximum absolute atomic E-state index is 11.6. The van der Waals surface area contributed by atoms with E-state index in [1.54, 1.807) is 25.0 Å². The largest absolute Gasteiger partial charge is 0.382 e. The van der Waals surface area contributed by atoms with Gasteiger partial charge in [0.2, 0.25) is 0 Å². The van der Waals surface area contributed by atoms with Gasteiger partial charge in [0.05, 0.1) is 0 Å². The molecule has 0 radical (unpaired) electrons. The lowest BCUT2D eigenvalue weighted by atomic mass is 10.3. The van der Waals surface area contributed by atoms with Crippen molar-refractivity contribution in [1.82, 2.24) is 14.7 Å². The van der Waals surface area contributed by atoms with Crippen LogP contribution in [0.25, 0.3) is 0 Å². The number of carbonyl (C=O) groups is 1. The summed E-state index contributed by atoms with van der Waals surface area (Å²) in [6.45, 7) is 2.83. The number of amides is 1. The summed E-state index contributed by atoms with van der Waals surface area (Å²) in [6, 6.07) is 0. The highest BCUT2D eigenvalue weighted by molar-refractivity contribution is 5.97. The highest BCUT2D eigenvalue weighted by Crippen LogP contribution is 2.10. The fourth-order valence-corrected chi connectivity index (χ4v) is 1.19. The average molecular weight is 196 g/mol. The lowest BCUT2D eigenvalue weighted by molar-refractivity contribution is 0.0828. The third-order valence-corrected chi connectivity index (χ3v) is 1.88. The van der Waals surface area contributed by atoms with E-state index in [9.17, 15) is 4.79 Å². The molecule has 0 aromatic carbocycles. The molecule has 0 spiro atoms. The van der Waals surface area contributed by atoms with E-state index in [4.69, 9.17) is 5.73 Å². The zero-order chi connectivity index (χ0) is 10.7. The number of anilines is 1. The first-order valence-corrected chi connectivity index (χ1v) is 4.60. The molecule has 5 heteroatoms. The van der Waals surface area contributed by atoms with Crippen molar-refractivity contribution < 1.29 is 4.79 Å². The maximum atomic E-state index is 11.6. The van der Waals surface area contributed by atoms with E-state index in [1.165, 1.54) is 4.90 Å². The number of nitrogens with two attached hydrogens (primary N) is 1. The van der Waals surface area contributed by atoms with Gasteiger partial charge < -0.3 is 10.6 Å². The molecule has 0 aliphatic carbocycles. The number of rotatable bonds is 3. The van der Waals surface area contributed by atoms with Gasteiger partial charge in [-0.2, -0.15) is 5.10 Å². The number of carbonyl (C=O) groups excluding carboxylic acids is 1. The zero-order valence-electron chi connectivity index (χ0n) is 8.82. The first-order chi connectivity index (χ1) is 6.56. The standard InChI is InChI=1S/C9H16N4O/c1-4-5-13-6-7(8(10)11-13)9(14)12(2)3/h6H,4-5H2,1-3H3,(H2,10,11). The van der Waals surface area contributed by atoms with Crippen LogP contribution in [0.15, 0.2) is 6.20 Å². The van der Waals surface area contributed by atoms with Crippen molar-refractivity contribution in [3.05, 3.63) is 11.8 Å². The summed E-state index contributed by atoms with van der Waals surface area (Å²) in [5.74, 6) is 0.196. The Balaban J connectivity index is 2.92. The lowest BCUT2D eigenvalue weighted by Gasteiger charge is -2.07. The van der Waals surface area contributed by atoms with Gasteiger partial charge in [-0.05, 0) is 6.42 Å². The number of nitrogen functional groups attached to an aromatic ring is 1. The molecule has 0 fully saturated rings. The molecule has 0 bridgehead atoms. The molecule has 0 aliphatic heterocycles. The van der Waals surface area contributed by atoms with Crippen LogP contribution in [0.5, 0.6) is 0 Å². The van der Waals surface area contributed by atoms with Gasteiger partial charge in [-0.25, -0.2) is 0 Å². The van der Waals surface area contributed by atoms with Crippen molar-refractivity contribution in [2.45, 2.75) is 19.9 Å². The molecular weight excluding hydrogens is 180 g/mol. The van der Waals surface area contributed by atoms with Crippen molar-refractivity contribution >= 4 is 11.7 Å². The predicted molar refractivity (Wildman–Crippen MR) is 54.9 cm³/mol. The van der Waals surface area contributed by atoms with Crippen LogP contribution in [0.1, 0.15) is 23.7 Å². The summed E-state index contributed by atoms with van der Waals surface area (Å²) >= 11 is 0. The van der Waals surface area contributed by atoms with Crippen molar-refractivity contribution in [3.63, 3.8) is 0 Å². The Kier molecular flexibility index (Phi) is 3.11. The van der Waals surface area contributed by atoms with Gasteiger partial charge in [-0.15, -0.1) is 0 Å². The Bertz CT molecular complexity index is 330. The van der Waals surface area contributed by atoms with Gasteiger partial charge in [0.25, 0.3) is 5.91 Å². The second-order valence-electron chi connectivity index (χ2n) is 3.39. The van der Waals surface area contributed by atoms with Gasteiger partial charge in [0.15, 0.2) is 5.82 Å². The van der Waals surface area contributed by atoms with Gasteiger partial charge >= 0.3 is 0 Å². The van der Waals surface area contributed by atoms with E-state index < -0.39 is 0 Å². The quantitative estimate of drug-likeness (QED) is 0.769. The average Bonchev–Trinajstić information content (AvgIpc) is 2.46. The summed E-state index contributed by atoms with van der Waals surface area (Å²) < 4.78 is 1.70. The fraction of sp³-hybridized carbons (Fsp3) is 0.556. The number of aryl methyl sites for hydroxylation is 1. The highest BCUT2D eigenvalue weighted by Gasteiger charge is 2.15. The summed E-state index contributed by atoms with van der Waals surface area (Å²) in [6.07, 6.45) is 2.66. The Morgan fingerprint density at radius 1 is 1.64 bits per heavy atom. The molecular formula is C9H16N4O. The molecule has 1 heterocycles. The maximum Gasteiger partial charge on any atom is 0.258 e. The normalized spacial score (nSPS) is 10.2. The van der Waals surface area contributed by atoms with Crippen LogP contribution >= 0.6 is 0 Å². The van der Waals surface area contributed by atoms with Crippen LogP contribution in [0.2, 0.25) is 0 Å². The van der Waals surface area contributed by atoms with Crippen molar-refractivity contribution in [2.24, 2.45) is 0 Å². The van der Waals surface area contributed by atoms with E-state index in [0.29, 0.717) is 11.4 Å². The molecule has 0 aliphatic rings. The number of aromatic nitrogens is 2. The number of hydrogen-bond donors (Lipinski definition) is 1. The minimum absolute atomic E-state index is 0.107. The van der Waals surface area contributed by atoms with Gasteiger partial charge in [0, 0.05) is 26.8 Å². The summed E-state index contributed by atoms with van der Waals surface area (Å²) in [5.41, 5.74) is 6.11. The molecule has 2 N–H and O–H groups in total. The van der Waals surface area contributed by atoms with Gasteiger partial charge in [-0.3, -0.25) is 9.48 Å². The monoisotopic (exact) mass is 196 g/mol. The SMILES string of the molecule is CCCn1cc(C(=O)N(C)C)c(N)n1. The summed E-state index contributed by atoms with van der Waals surface area (Å²) in [5, 5.41) is 4.05. The fourth-order valence-electron chi connectivity index (χ4n) is 1.19. The van der Waals surface area contributed by atoms with E-state index in [-0.39, 0.29) is 5.91 Å². The smallest absolute Gasteiger partial charge is 0.258 e. The van der Waals surface area contributed by atoms with Gasteiger partial charge in [-0.1, -0.05) is 6.92 Å².